The molecule has 2 aromatic heterocycles. The number of halogens is 3. The van der Waals surface area contributed by atoms with Gasteiger partial charge in [0.15, 0.2) is 6.39 Å². The van der Waals surface area contributed by atoms with Crippen LogP contribution in [0.1, 0.15) is 34.7 Å². The van der Waals surface area contributed by atoms with E-state index in [9.17, 15) is 22.8 Å². The van der Waals surface area contributed by atoms with Gasteiger partial charge in [-0.25, -0.2) is 19.6 Å². The van der Waals surface area contributed by atoms with E-state index in [-0.39, 0.29) is 25.0 Å². The lowest BCUT2D eigenvalue weighted by Gasteiger charge is -2.18. The van der Waals surface area contributed by atoms with Crippen molar-refractivity contribution in [2.24, 2.45) is 5.92 Å². The van der Waals surface area contributed by atoms with E-state index in [0.717, 1.165) is 28.0 Å². The Kier molecular flexibility index (Phi) is 5.62. The van der Waals surface area contributed by atoms with Gasteiger partial charge in [0.1, 0.15) is 24.3 Å². The molecule has 1 fully saturated rings. The van der Waals surface area contributed by atoms with Gasteiger partial charge in [-0.1, -0.05) is 18.2 Å². The third-order valence-corrected chi connectivity index (χ3v) is 5.99. The van der Waals surface area contributed by atoms with Crippen LogP contribution in [0.5, 0.6) is 5.75 Å². The van der Waals surface area contributed by atoms with Crippen molar-refractivity contribution < 1.29 is 26.8 Å². The van der Waals surface area contributed by atoms with Gasteiger partial charge in [0.05, 0.1) is 12.1 Å². The fourth-order valence-corrected chi connectivity index (χ4v) is 4.26. The van der Waals surface area contributed by atoms with Crippen LogP contribution in [0.25, 0.3) is 11.1 Å². The standard InChI is InChI=1S/C24H20F3N3O5/c1-13-6-19(18-8-15(18)9-30-22(31)29-23(32)35-30)21(14-2-4-16(5-3-14)24(25,26)27)20(7-13)34-11-17-10-33-12-28-17/h2-7,10,12,15,18H,8-9,11H2,1H3,(H,29,31,32). The van der Waals surface area contributed by atoms with Gasteiger partial charge >= 0.3 is 17.6 Å². The predicted molar refractivity (Wildman–Crippen MR) is 117 cm³/mol. The second-order valence-electron chi connectivity index (χ2n) is 8.54. The highest BCUT2D eigenvalue weighted by atomic mass is 19.4. The second kappa shape index (κ2) is 8.64. The molecular formula is C24H20F3N3O5. The van der Waals surface area contributed by atoms with Crippen molar-refractivity contribution in [1.29, 1.82) is 0 Å². The van der Waals surface area contributed by atoms with E-state index in [0.29, 0.717) is 29.0 Å². The molecule has 0 radical (unpaired) electrons. The van der Waals surface area contributed by atoms with Crippen molar-refractivity contribution in [3.05, 3.63) is 92.5 Å². The molecule has 0 spiro atoms. The van der Waals surface area contributed by atoms with E-state index in [4.69, 9.17) is 13.7 Å². The van der Waals surface area contributed by atoms with Crippen LogP contribution in [0.3, 0.4) is 0 Å². The van der Waals surface area contributed by atoms with Crippen molar-refractivity contribution in [2.75, 3.05) is 0 Å². The first-order valence-corrected chi connectivity index (χ1v) is 10.8. The zero-order valence-corrected chi connectivity index (χ0v) is 18.5. The van der Waals surface area contributed by atoms with Crippen LogP contribution >= 0.6 is 0 Å². The normalized spacial score (nSPS) is 17.5. The van der Waals surface area contributed by atoms with E-state index in [1.165, 1.54) is 24.8 Å². The second-order valence-corrected chi connectivity index (χ2v) is 8.54. The zero-order valence-electron chi connectivity index (χ0n) is 18.5. The van der Waals surface area contributed by atoms with Crippen molar-refractivity contribution in [2.45, 2.75) is 38.6 Å². The Morgan fingerprint density at radius 3 is 2.60 bits per heavy atom. The quantitative estimate of drug-likeness (QED) is 0.412. The van der Waals surface area contributed by atoms with Gasteiger partial charge < -0.3 is 13.7 Å². The van der Waals surface area contributed by atoms with Crippen LogP contribution in [0.15, 0.2) is 67.6 Å². The maximum Gasteiger partial charge on any atom is 0.440 e. The molecule has 35 heavy (non-hydrogen) atoms. The van der Waals surface area contributed by atoms with Gasteiger partial charge in [-0.3, -0.25) is 0 Å². The van der Waals surface area contributed by atoms with Crippen LogP contribution in [0.2, 0.25) is 0 Å². The SMILES string of the molecule is Cc1cc(OCc2cocn2)c(-c2ccc(C(F)(F)F)cc2)c(C2CC2Cn2oc(=O)[nH]c2=O)c1. The van der Waals surface area contributed by atoms with Crippen LogP contribution in [-0.2, 0) is 19.3 Å². The Morgan fingerprint density at radius 1 is 1.20 bits per heavy atom. The Hall–Kier alpha value is -4.02. The molecule has 1 saturated carbocycles. The Morgan fingerprint density at radius 2 is 1.97 bits per heavy atom. The Bertz CT molecular complexity index is 1450. The summed E-state index contributed by atoms with van der Waals surface area (Å²) in [6.45, 7) is 2.22. The molecule has 2 unspecified atom stereocenters. The number of benzene rings is 2. The number of H-pyrrole nitrogens is 1. The number of oxazole rings is 1. The summed E-state index contributed by atoms with van der Waals surface area (Å²) in [6.07, 6.45) is -1.00. The molecule has 2 heterocycles. The van der Waals surface area contributed by atoms with Crippen LogP contribution in [-0.4, -0.2) is 14.7 Å². The molecule has 182 valence electrons. The topological polar surface area (TPSA) is 103 Å². The number of hydrogen-bond donors (Lipinski definition) is 1. The summed E-state index contributed by atoms with van der Waals surface area (Å²) in [7, 11) is 0. The number of nitrogens with zero attached hydrogens (tertiary/aromatic N) is 2. The van der Waals surface area contributed by atoms with Crippen molar-refractivity contribution in [1.82, 2.24) is 14.7 Å². The van der Waals surface area contributed by atoms with E-state index in [1.807, 2.05) is 19.1 Å². The van der Waals surface area contributed by atoms with Gasteiger partial charge in [-0.2, -0.15) is 17.9 Å². The van der Waals surface area contributed by atoms with E-state index >= 15 is 0 Å². The molecule has 11 heteroatoms. The maximum atomic E-state index is 13.1. The van der Waals surface area contributed by atoms with Crippen LogP contribution < -0.4 is 16.2 Å². The fourth-order valence-electron chi connectivity index (χ4n) is 4.26. The van der Waals surface area contributed by atoms with E-state index in [2.05, 4.69) is 9.97 Å². The minimum Gasteiger partial charge on any atom is -0.487 e. The first kappa shape index (κ1) is 22.8. The average Bonchev–Trinajstić information content (AvgIpc) is 3.20. The zero-order chi connectivity index (χ0) is 24.7. The number of alkyl halides is 3. The predicted octanol–water partition coefficient (Wildman–Crippen LogP) is 4.49. The molecule has 2 atom stereocenters. The fraction of sp³-hybridized carbons (Fsp3) is 0.292. The summed E-state index contributed by atoms with van der Waals surface area (Å²) >= 11 is 0. The number of nitrogens with one attached hydrogen (secondary N) is 1. The molecule has 0 bridgehead atoms. The largest absolute Gasteiger partial charge is 0.487 e. The van der Waals surface area contributed by atoms with Crippen molar-refractivity contribution in [3.63, 3.8) is 0 Å². The Labute approximate surface area is 195 Å². The average molecular weight is 487 g/mol. The molecule has 8 nitrogen and oxygen atoms in total. The first-order valence-electron chi connectivity index (χ1n) is 10.8. The first-order chi connectivity index (χ1) is 16.7. The molecule has 0 amide bonds. The summed E-state index contributed by atoms with van der Waals surface area (Å²) in [5, 5.41) is 0. The number of rotatable bonds is 7. The third kappa shape index (κ3) is 4.79. The smallest absolute Gasteiger partial charge is 0.440 e. The molecular weight excluding hydrogens is 467 g/mol. The number of hydrogen-bond acceptors (Lipinski definition) is 6. The lowest BCUT2D eigenvalue weighted by atomic mass is 9.92. The Balaban J connectivity index is 1.52. The van der Waals surface area contributed by atoms with Crippen LogP contribution in [0, 0.1) is 12.8 Å². The summed E-state index contributed by atoms with van der Waals surface area (Å²) in [4.78, 5) is 29.3. The highest BCUT2D eigenvalue weighted by Crippen LogP contribution is 2.53. The van der Waals surface area contributed by atoms with E-state index < -0.39 is 23.2 Å². The summed E-state index contributed by atoms with van der Waals surface area (Å²) < 4.78 is 56.3. The number of aromatic amines is 1. The molecule has 5 rings (SSSR count). The molecule has 0 saturated heterocycles. The van der Waals surface area contributed by atoms with Gasteiger partial charge in [-0.15, -0.1) is 0 Å². The van der Waals surface area contributed by atoms with Crippen LogP contribution in [0.4, 0.5) is 13.2 Å². The lowest BCUT2D eigenvalue weighted by Crippen LogP contribution is -2.17. The number of aromatic nitrogens is 3. The monoisotopic (exact) mass is 487 g/mol. The van der Waals surface area contributed by atoms with Gasteiger partial charge in [0.25, 0.3) is 0 Å². The van der Waals surface area contributed by atoms with E-state index in [1.54, 1.807) is 0 Å². The van der Waals surface area contributed by atoms with Crippen molar-refractivity contribution in [3.8, 4) is 16.9 Å². The number of aryl methyl sites for hydroxylation is 1. The highest BCUT2D eigenvalue weighted by molar-refractivity contribution is 5.76. The molecule has 2 aromatic carbocycles. The van der Waals surface area contributed by atoms with Gasteiger partial charge in [-0.05, 0) is 60.1 Å². The van der Waals surface area contributed by atoms with Crippen molar-refractivity contribution >= 4 is 0 Å². The summed E-state index contributed by atoms with van der Waals surface area (Å²) in [5.74, 6) is -0.325. The summed E-state index contributed by atoms with van der Waals surface area (Å²) in [5.41, 5.74) is 2.23. The molecule has 4 aromatic rings. The minimum absolute atomic E-state index is 0.00467. The third-order valence-electron chi connectivity index (χ3n) is 5.99. The molecule has 1 N–H and O–H groups in total. The maximum absolute atomic E-state index is 13.1. The summed E-state index contributed by atoms with van der Waals surface area (Å²) in [6, 6.07) is 8.72. The molecule has 1 aliphatic carbocycles. The minimum atomic E-state index is -4.45. The molecule has 0 aliphatic heterocycles. The number of ether oxygens (including phenoxy) is 1. The molecule has 1 aliphatic rings. The highest BCUT2D eigenvalue weighted by Gasteiger charge is 2.41. The van der Waals surface area contributed by atoms with Gasteiger partial charge in [0.2, 0.25) is 0 Å². The lowest BCUT2D eigenvalue weighted by molar-refractivity contribution is -0.137. The van der Waals surface area contributed by atoms with Gasteiger partial charge in [0, 0.05) is 5.56 Å².